The highest BCUT2D eigenvalue weighted by Crippen LogP contribution is 2.32. The van der Waals surface area contributed by atoms with Crippen LogP contribution in [0.25, 0.3) is 22.4 Å². The van der Waals surface area contributed by atoms with Crippen LogP contribution in [0.4, 0.5) is 0 Å². The van der Waals surface area contributed by atoms with Crippen LogP contribution in [0.3, 0.4) is 0 Å². The summed E-state index contributed by atoms with van der Waals surface area (Å²) >= 11 is 0. The van der Waals surface area contributed by atoms with E-state index in [9.17, 15) is 4.79 Å². The van der Waals surface area contributed by atoms with E-state index in [0.29, 0.717) is 28.9 Å². The molecule has 0 aliphatic heterocycles. The fourth-order valence-corrected chi connectivity index (χ4v) is 3.35. The van der Waals surface area contributed by atoms with Crippen molar-refractivity contribution in [2.75, 3.05) is 6.54 Å². The maximum absolute atomic E-state index is 13.4. The largest absolute Gasteiger partial charge is 0.335 e. The Labute approximate surface area is 153 Å². The van der Waals surface area contributed by atoms with Gasteiger partial charge in [-0.25, -0.2) is 4.98 Å². The van der Waals surface area contributed by atoms with Gasteiger partial charge in [0.2, 0.25) is 0 Å². The summed E-state index contributed by atoms with van der Waals surface area (Å²) in [5, 5.41) is 4.77. The third-order valence-electron chi connectivity index (χ3n) is 4.73. The molecule has 5 heteroatoms. The molecule has 4 rings (SSSR count). The number of rotatable bonds is 5. The van der Waals surface area contributed by atoms with Crippen molar-refractivity contribution >= 4 is 17.0 Å². The van der Waals surface area contributed by atoms with Crippen LogP contribution < -0.4 is 0 Å². The van der Waals surface area contributed by atoms with E-state index < -0.39 is 0 Å². The van der Waals surface area contributed by atoms with Gasteiger partial charge in [0.1, 0.15) is 0 Å². The zero-order chi connectivity index (χ0) is 18.3. The highest BCUT2D eigenvalue weighted by Gasteiger charge is 2.34. The van der Waals surface area contributed by atoms with Gasteiger partial charge in [0, 0.05) is 18.2 Å². The molecule has 0 radical (unpaired) electrons. The molecule has 1 fully saturated rings. The maximum atomic E-state index is 13.4. The standard InChI is InChI=1S/C21H23N3O2/c1-13(2)12-24(16-9-10-16)21(25)17-11-18(15-7-5-4-6-8-15)22-20-19(17)14(3)23-26-20/h4-8,11,13,16H,9-10,12H2,1-3H3. The van der Waals surface area contributed by atoms with Gasteiger partial charge >= 0.3 is 0 Å². The van der Waals surface area contributed by atoms with Gasteiger partial charge in [-0.15, -0.1) is 0 Å². The van der Waals surface area contributed by atoms with Crippen molar-refractivity contribution in [1.29, 1.82) is 0 Å². The Morgan fingerprint density at radius 2 is 2.00 bits per heavy atom. The van der Waals surface area contributed by atoms with Crippen molar-refractivity contribution in [1.82, 2.24) is 15.0 Å². The van der Waals surface area contributed by atoms with Crippen LogP contribution >= 0.6 is 0 Å². The Bertz CT molecular complexity index is 943. The average molecular weight is 349 g/mol. The molecule has 1 saturated carbocycles. The molecule has 0 unspecified atom stereocenters. The molecular formula is C21H23N3O2. The first-order valence-electron chi connectivity index (χ1n) is 9.18. The van der Waals surface area contributed by atoms with Crippen molar-refractivity contribution in [2.24, 2.45) is 5.92 Å². The van der Waals surface area contributed by atoms with Crippen LogP contribution in [-0.2, 0) is 0 Å². The summed E-state index contributed by atoms with van der Waals surface area (Å²) in [4.78, 5) is 20.0. The van der Waals surface area contributed by atoms with E-state index in [1.807, 2.05) is 48.2 Å². The molecule has 0 atom stereocenters. The number of hydrogen-bond acceptors (Lipinski definition) is 4. The third-order valence-corrected chi connectivity index (χ3v) is 4.73. The number of hydrogen-bond donors (Lipinski definition) is 0. The quantitative estimate of drug-likeness (QED) is 0.682. The van der Waals surface area contributed by atoms with Crippen molar-refractivity contribution in [2.45, 2.75) is 39.7 Å². The van der Waals surface area contributed by atoms with Gasteiger partial charge in [0.05, 0.1) is 22.3 Å². The van der Waals surface area contributed by atoms with E-state index in [1.165, 1.54) is 0 Å². The second kappa shape index (κ2) is 6.56. The van der Waals surface area contributed by atoms with Crippen LogP contribution in [0.2, 0.25) is 0 Å². The molecule has 5 nitrogen and oxygen atoms in total. The van der Waals surface area contributed by atoms with Gasteiger partial charge in [0.25, 0.3) is 11.6 Å². The Morgan fingerprint density at radius 1 is 1.27 bits per heavy atom. The van der Waals surface area contributed by atoms with Gasteiger partial charge in [-0.2, -0.15) is 0 Å². The summed E-state index contributed by atoms with van der Waals surface area (Å²) in [6, 6.07) is 12.1. The van der Waals surface area contributed by atoms with Crippen molar-refractivity contribution in [3.05, 3.63) is 47.7 Å². The maximum Gasteiger partial charge on any atom is 0.259 e. The molecule has 2 aromatic heterocycles. The number of pyridine rings is 1. The van der Waals surface area contributed by atoms with E-state index in [0.717, 1.165) is 36.0 Å². The van der Waals surface area contributed by atoms with Gasteiger partial charge in [0.15, 0.2) is 0 Å². The number of benzene rings is 1. The number of aromatic nitrogens is 2. The molecular weight excluding hydrogens is 326 g/mol. The first-order chi connectivity index (χ1) is 12.5. The van der Waals surface area contributed by atoms with E-state index in [2.05, 4.69) is 24.0 Å². The normalized spacial score (nSPS) is 14.2. The number of fused-ring (bicyclic) bond motifs is 1. The molecule has 1 amide bonds. The molecule has 1 aliphatic carbocycles. The average Bonchev–Trinajstić information content (AvgIpc) is 3.42. The predicted molar refractivity (Wildman–Crippen MR) is 101 cm³/mol. The smallest absolute Gasteiger partial charge is 0.259 e. The van der Waals surface area contributed by atoms with E-state index in [1.54, 1.807) is 0 Å². The Hall–Kier alpha value is -2.69. The Balaban J connectivity index is 1.84. The minimum atomic E-state index is 0.0529. The summed E-state index contributed by atoms with van der Waals surface area (Å²) in [6.07, 6.45) is 2.17. The van der Waals surface area contributed by atoms with Crippen LogP contribution in [0.15, 0.2) is 40.9 Å². The van der Waals surface area contributed by atoms with Gasteiger partial charge in [-0.3, -0.25) is 4.79 Å². The molecule has 0 N–H and O–H groups in total. The van der Waals surface area contributed by atoms with Gasteiger partial charge in [-0.05, 0) is 31.7 Å². The summed E-state index contributed by atoms with van der Waals surface area (Å²) < 4.78 is 5.41. The zero-order valence-electron chi connectivity index (χ0n) is 15.4. The molecule has 3 aromatic rings. The molecule has 134 valence electrons. The second-order valence-electron chi connectivity index (χ2n) is 7.45. The Morgan fingerprint density at radius 3 is 2.65 bits per heavy atom. The van der Waals surface area contributed by atoms with Crippen LogP contribution in [0, 0.1) is 12.8 Å². The minimum Gasteiger partial charge on any atom is -0.335 e. The zero-order valence-corrected chi connectivity index (χ0v) is 15.4. The monoisotopic (exact) mass is 349 g/mol. The first kappa shape index (κ1) is 16.8. The summed E-state index contributed by atoms with van der Waals surface area (Å²) in [5.74, 6) is 0.478. The van der Waals surface area contributed by atoms with Crippen LogP contribution in [0.1, 0.15) is 42.7 Å². The molecule has 0 saturated heterocycles. The SMILES string of the molecule is Cc1noc2nc(-c3ccccc3)cc(C(=O)N(CC(C)C)C3CC3)c12. The number of carbonyl (C=O) groups excluding carboxylic acids is 1. The van der Waals surface area contributed by atoms with Crippen molar-refractivity contribution in [3.8, 4) is 11.3 Å². The third kappa shape index (κ3) is 3.09. The lowest BCUT2D eigenvalue weighted by Gasteiger charge is -2.25. The number of aryl methyl sites for hydroxylation is 1. The molecule has 1 aliphatic rings. The lowest BCUT2D eigenvalue weighted by Crippen LogP contribution is -2.36. The topological polar surface area (TPSA) is 59.2 Å². The fourth-order valence-electron chi connectivity index (χ4n) is 3.35. The lowest BCUT2D eigenvalue weighted by molar-refractivity contribution is 0.0724. The van der Waals surface area contributed by atoms with Crippen molar-refractivity contribution in [3.63, 3.8) is 0 Å². The molecule has 2 heterocycles. The van der Waals surface area contributed by atoms with Gasteiger partial charge < -0.3 is 9.42 Å². The molecule has 26 heavy (non-hydrogen) atoms. The number of nitrogens with zero attached hydrogens (tertiary/aromatic N) is 3. The summed E-state index contributed by atoms with van der Waals surface area (Å²) in [6.45, 7) is 6.91. The van der Waals surface area contributed by atoms with Crippen molar-refractivity contribution < 1.29 is 9.32 Å². The molecule has 1 aromatic carbocycles. The summed E-state index contributed by atoms with van der Waals surface area (Å²) in [5.41, 5.74) is 3.46. The highest BCUT2D eigenvalue weighted by atomic mass is 16.5. The Kier molecular flexibility index (Phi) is 4.23. The minimum absolute atomic E-state index is 0.0529. The molecule has 0 spiro atoms. The predicted octanol–water partition coefficient (Wildman–Crippen LogP) is 4.46. The second-order valence-corrected chi connectivity index (χ2v) is 7.45. The number of amides is 1. The first-order valence-corrected chi connectivity index (χ1v) is 9.18. The number of carbonyl (C=O) groups is 1. The highest BCUT2D eigenvalue weighted by molar-refractivity contribution is 6.07. The molecule has 0 bridgehead atoms. The van der Waals surface area contributed by atoms with Crippen LogP contribution in [-0.4, -0.2) is 33.5 Å². The van der Waals surface area contributed by atoms with E-state index >= 15 is 0 Å². The van der Waals surface area contributed by atoms with E-state index in [4.69, 9.17) is 4.52 Å². The van der Waals surface area contributed by atoms with Crippen LogP contribution in [0.5, 0.6) is 0 Å². The van der Waals surface area contributed by atoms with Gasteiger partial charge in [-0.1, -0.05) is 49.3 Å². The van der Waals surface area contributed by atoms with E-state index in [-0.39, 0.29) is 5.91 Å². The fraction of sp³-hybridized carbons (Fsp3) is 0.381. The lowest BCUT2D eigenvalue weighted by atomic mass is 10.0. The summed E-state index contributed by atoms with van der Waals surface area (Å²) in [7, 11) is 0.